The lowest BCUT2D eigenvalue weighted by molar-refractivity contribution is 0.0860. The Labute approximate surface area is 102 Å². The maximum Gasteiger partial charge on any atom is 0.168 e. The van der Waals surface area contributed by atoms with Gasteiger partial charge in [-0.1, -0.05) is 39.0 Å². The first kappa shape index (κ1) is 11.8. The molecule has 0 aliphatic rings. The van der Waals surface area contributed by atoms with E-state index in [0.717, 1.165) is 22.2 Å². The first-order valence-electron chi connectivity index (χ1n) is 5.81. The van der Waals surface area contributed by atoms with Gasteiger partial charge in [0.2, 0.25) is 0 Å². The molecule has 0 unspecified atom stereocenters. The molecule has 0 saturated carbocycles. The number of ketones is 1. The van der Waals surface area contributed by atoms with Gasteiger partial charge in [0.1, 0.15) is 0 Å². The number of rotatable bonds is 1. The van der Waals surface area contributed by atoms with Gasteiger partial charge in [-0.2, -0.15) is 0 Å². The van der Waals surface area contributed by atoms with E-state index >= 15 is 0 Å². The average Bonchev–Trinajstić information content (AvgIpc) is 2.25. The molecule has 1 aromatic carbocycles. The second kappa shape index (κ2) is 3.95. The standard InChI is InChI=1S/C15H17NO/c1-10-9-12(14(17)15(2,3)4)11-7-5-6-8-13(11)16-10/h5-9H,1-4H3. The minimum absolute atomic E-state index is 0.166. The summed E-state index contributed by atoms with van der Waals surface area (Å²) >= 11 is 0. The number of nitrogens with zero attached hydrogens (tertiary/aromatic N) is 1. The summed E-state index contributed by atoms with van der Waals surface area (Å²) in [5, 5.41) is 0.943. The average molecular weight is 227 g/mol. The second-order valence-corrected chi connectivity index (χ2v) is 5.41. The number of benzene rings is 1. The summed E-state index contributed by atoms with van der Waals surface area (Å²) in [7, 11) is 0. The molecule has 2 aromatic rings. The molecule has 0 bridgehead atoms. The number of carbonyl (C=O) groups is 1. The van der Waals surface area contributed by atoms with E-state index < -0.39 is 0 Å². The van der Waals surface area contributed by atoms with Crippen LogP contribution in [0.25, 0.3) is 10.9 Å². The van der Waals surface area contributed by atoms with E-state index in [9.17, 15) is 4.79 Å². The number of Topliss-reactive ketones (excluding diaryl/α,β-unsaturated/α-hetero) is 1. The van der Waals surface area contributed by atoms with Gasteiger partial charge in [-0.3, -0.25) is 9.78 Å². The summed E-state index contributed by atoms with van der Waals surface area (Å²) < 4.78 is 0. The Kier molecular flexibility index (Phi) is 2.74. The van der Waals surface area contributed by atoms with Gasteiger partial charge < -0.3 is 0 Å². The van der Waals surface area contributed by atoms with Crippen LogP contribution in [0.3, 0.4) is 0 Å². The highest BCUT2D eigenvalue weighted by Gasteiger charge is 2.24. The molecule has 0 N–H and O–H groups in total. The Bertz CT molecular complexity index is 579. The van der Waals surface area contributed by atoms with E-state index in [2.05, 4.69) is 4.98 Å². The summed E-state index contributed by atoms with van der Waals surface area (Å²) in [6, 6.07) is 9.68. The van der Waals surface area contributed by atoms with Crippen molar-refractivity contribution in [3.05, 3.63) is 41.6 Å². The smallest absolute Gasteiger partial charge is 0.168 e. The van der Waals surface area contributed by atoms with Crippen LogP contribution < -0.4 is 0 Å². The number of fused-ring (bicyclic) bond motifs is 1. The number of para-hydroxylation sites is 1. The van der Waals surface area contributed by atoms with Gasteiger partial charge in [-0.25, -0.2) is 0 Å². The Hall–Kier alpha value is -1.70. The summed E-state index contributed by atoms with van der Waals surface area (Å²) in [6.07, 6.45) is 0. The molecule has 1 aromatic heterocycles. The van der Waals surface area contributed by atoms with Gasteiger partial charge in [-0.05, 0) is 19.1 Å². The van der Waals surface area contributed by atoms with Crippen molar-refractivity contribution < 1.29 is 4.79 Å². The summed E-state index contributed by atoms with van der Waals surface area (Å²) in [5.41, 5.74) is 2.19. The van der Waals surface area contributed by atoms with Gasteiger partial charge in [0.25, 0.3) is 0 Å². The molecule has 0 amide bonds. The van der Waals surface area contributed by atoms with Crippen LogP contribution in [0.4, 0.5) is 0 Å². The zero-order valence-corrected chi connectivity index (χ0v) is 10.7. The van der Waals surface area contributed by atoms with Crippen molar-refractivity contribution in [2.75, 3.05) is 0 Å². The summed E-state index contributed by atoms with van der Waals surface area (Å²) in [5.74, 6) is 0.166. The lowest BCUT2D eigenvalue weighted by Gasteiger charge is -2.18. The first-order chi connectivity index (χ1) is 7.89. The molecule has 88 valence electrons. The van der Waals surface area contributed by atoms with Crippen LogP contribution in [-0.2, 0) is 0 Å². The van der Waals surface area contributed by atoms with Crippen LogP contribution in [0, 0.1) is 12.3 Å². The van der Waals surface area contributed by atoms with Crippen molar-refractivity contribution in [3.63, 3.8) is 0 Å². The molecule has 17 heavy (non-hydrogen) atoms. The van der Waals surface area contributed by atoms with E-state index in [0.29, 0.717) is 0 Å². The Balaban J connectivity index is 2.73. The molecule has 0 aliphatic heterocycles. The number of pyridine rings is 1. The van der Waals surface area contributed by atoms with Crippen LogP contribution in [0.1, 0.15) is 36.8 Å². The van der Waals surface area contributed by atoms with Gasteiger partial charge in [0.15, 0.2) is 5.78 Å². The molecule has 0 atom stereocenters. The quantitative estimate of drug-likeness (QED) is 0.694. The monoisotopic (exact) mass is 227 g/mol. The van der Waals surface area contributed by atoms with Crippen molar-refractivity contribution in [2.24, 2.45) is 5.41 Å². The third-order valence-corrected chi connectivity index (χ3v) is 2.77. The van der Waals surface area contributed by atoms with Crippen molar-refractivity contribution in [2.45, 2.75) is 27.7 Å². The fraction of sp³-hybridized carbons (Fsp3) is 0.333. The molecular formula is C15H17NO. The number of carbonyl (C=O) groups excluding carboxylic acids is 1. The van der Waals surface area contributed by atoms with E-state index in [4.69, 9.17) is 0 Å². The van der Waals surface area contributed by atoms with E-state index in [1.807, 2.05) is 58.0 Å². The Morgan fingerprint density at radius 3 is 2.47 bits per heavy atom. The topological polar surface area (TPSA) is 30.0 Å². The number of aryl methyl sites for hydroxylation is 1. The van der Waals surface area contributed by atoms with E-state index in [-0.39, 0.29) is 11.2 Å². The number of hydrogen-bond donors (Lipinski definition) is 0. The highest BCUT2D eigenvalue weighted by molar-refractivity contribution is 6.09. The first-order valence-corrected chi connectivity index (χ1v) is 5.81. The van der Waals surface area contributed by atoms with E-state index in [1.165, 1.54) is 0 Å². The number of hydrogen-bond acceptors (Lipinski definition) is 2. The lowest BCUT2D eigenvalue weighted by Crippen LogP contribution is -2.20. The predicted molar refractivity (Wildman–Crippen MR) is 70.3 cm³/mol. The molecule has 0 aliphatic carbocycles. The zero-order chi connectivity index (χ0) is 12.6. The maximum atomic E-state index is 12.4. The van der Waals surface area contributed by atoms with Crippen LogP contribution in [0.5, 0.6) is 0 Å². The molecule has 0 spiro atoms. The third-order valence-electron chi connectivity index (χ3n) is 2.77. The second-order valence-electron chi connectivity index (χ2n) is 5.41. The van der Waals surface area contributed by atoms with Crippen LogP contribution in [0.15, 0.2) is 30.3 Å². The van der Waals surface area contributed by atoms with Crippen LogP contribution >= 0.6 is 0 Å². The van der Waals surface area contributed by atoms with Crippen molar-refractivity contribution in [3.8, 4) is 0 Å². The van der Waals surface area contributed by atoms with Gasteiger partial charge >= 0.3 is 0 Å². The molecule has 2 rings (SSSR count). The highest BCUT2D eigenvalue weighted by atomic mass is 16.1. The summed E-state index contributed by atoms with van der Waals surface area (Å²) in [4.78, 5) is 16.9. The molecule has 0 fully saturated rings. The summed E-state index contributed by atoms with van der Waals surface area (Å²) in [6.45, 7) is 7.76. The molecule has 0 saturated heterocycles. The van der Waals surface area contributed by atoms with Gasteiger partial charge in [0.05, 0.1) is 5.52 Å². The SMILES string of the molecule is Cc1cc(C(=O)C(C)(C)C)c2ccccc2n1. The van der Waals surface area contributed by atoms with E-state index in [1.54, 1.807) is 0 Å². The predicted octanol–water partition coefficient (Wildman–Crippen LogP) is 3.77. The van der Waals surface area contributed by atoms with Crippen LogP contribution in [-0.4, -0.2) is 10.8 Å². The van der Waals surface area contributed by atoms with Crippen molar-refractivity contribution in [1.29, 1.82) is 0 Å². The molecule has 1 heterocycles. The normalized spacial score (nSPS) is 11.8. The van der Waals surface area contributed by atoms with Crippen LogP contribution in [0.2, 0.25) is 0 Å². The number of aromatic nitrogens is 1. The molecule has 2 nitrogen and oxygen atoms in total. The third kappa shape index (κ3) is 2.21. The highest BCUT2D eigenvalue weighted by Crippen LogP contribution is 2.26. The Morgan fingerprint density at radius 1 is 1.18 bits per heavy atom. The fourth-order valence-corrected chi connectivity index (χ4v) is 1.90. The zero-order valence-electron chi connectivity index (χ0n) is 10.7. The molecule has 0 radical (unpaired) electrons. The van der Waals surface area contributed by atoms with Gasteiger partial charge in [-0.15, -0.1) is 0 Å². The minimum atomic E-state index is -0.365. The minimum Gasteiger partial charge on any atom is -0.294 e. The Morgan fingerprint density at radius 2 is 1.82 bits per heavy atom. The van der Waals surface area contributed by atoms with Crippen molar-refractivity contribution >= 4 is 16.7 Å². The molecular weight excluding hydrogens is 210 g/mol. The van der Waals surface area contributed by atoms with Crippen molar-refractivity contribution in [1.82, 2.24) is 4.98 Å². The largest absolute Gasteiger partial charge is 0.294 e. The van der Waals surface area contributed by atoms with Gasteiger partial charge in [0, 0.05) is 22.1 Å². The fourth-order valence-electron chi connectivity index (χ4n) is 1.90. The maximum absolute atomic E-state index is 12.4. The lowest BCUT2D eigenvalue weighted by atomic mass is 9.85. The molecule has 2 heteroatoms.